The van der Waals surface area contributed by atoms with Gasteiger partial charge in [0.15, 0.2) is 5.69 Å². The molecule has 1 heterocycles. The van der Waals surface area contributed by atoms with Crippen LogP contribution in [0, 0.1) is 5.82 Å². The Morgan fingerprint density at radius 3 is 2.67 bits per heavy atom. The van der Waals surface area contributed by atoms with E-state index in [1.165, 1.54) is 7.11 Å². The number of ether oxygens (including phenoxy) is 1. The van der Waals surface area contributed by atoms with Crippen LogP contribution in [0.25, 0.3) is 0 Å². The largest absolute Gasteiger partial charge is 0.464 e. The van der Waals surface area contributed by atoms with Crippen molar-refractivity contribution in [1.82, 2.24) is 4.98 Å². The molecule has 0 unspecified atom stereocenters. The molecule has 5 heteroatoms. The summed E-state index contributed by atoms with van der Waals surface area (Å²) in [5.74, 6) is -1.30. The Balaban J connectivity index is 3.29. The number of esters is 1. The summed E-state index contributed by atoms with van der Waals surface area (Å²) in [5, 5.41) is -0.0382. The molecule has 0 bridgehead atoms. The van der Waals surface area contributed by atoms with Gasteiger partial charge in [-0.3, -0.25) is 0 Å². The third kappa shape index (κ3) is 2.45. The molecule has 0 fully saturated rings. The zero-order chi connectivity index (χ0) is 11.6. The quantitative estimate of drug-likeness (QED) is 0.735. The van der Waals surface area contributed by atoms with E-state index in [2.05, 4.69) is 9.72 Å². The smallest absolute Gasteiger partial charge is 0.358 e. The second kappa shape index (κ2) is 4.57. The van der Waals surface area contributed by atoms with E-state index in [-0.39, 0.29) is 22.3 Å². The van der Waals surface area contributed by atoms with Crippen LogP contribution in [0.1, 0.15) is 35.9 Å². The molecule has 0 spiro atoms. The van der Waals surface area contributed by atoms with Crippen LogP contribution in [0.5, 0.6) is 0 Å². The predicted molar refractivity (Wildman–Crippen MR) is 54.6 cm³/mol. The topological polar surface area (TPSA) is 39.2 Å². The van der Waals surface area contributed by atoms with Crippen molar-refractivity contribution in [3.8, 4) is 0 Å². The Morgan fingerprint density at radius 2 is 2.20 bits per heavy atom. The number of rotatable bonds is 2. The van der Waals surface area contributed by atoms with E-state index in [1.807, 2.05) is 0 Å². The number of aromatic nitrogens is 1. The van der Waals surface area contributed by atoms with Crippen LogP contribution in [-0.2, 0) is 4.74 Å². The first-order chi connectivity index (χ1) is 6.97. The minimum atomic E-state index is -0.665. The lowest BCUT2D eigenvalue weighted by Gasteiger charge is -2.09. The summed E-state index contributed by atoms with van der Waals surface area (Å²) in [6.07, 6.45) is 0. The lowest BCUT2D eigenvalue weighted by atomic mass is 10.1. The molecular formula is C10H11ClFNO2. The van der Waals surface area contributed by atoms with Gasteiger partial charge in [0.2, 0.25) is 0 Å². The van der Waals surface area contributed by atoms with E-state index in [0.29, 0.717) is 0 Å². The number of pyridine rings is 1. The monoisotopic (exact) mass is 231 g/mol. The SMILES string of the molecule is COC(=O)c1nc(C(C)C)c(F)cc1Cl. The number of carbonyl (C=O) groups is 1. The molecule has 0 saturated heterocycles. The molecule has 1 aromatic heterocycles. The number of hydrogen-bond acceptors (Lipinski definition) is 3. The lowest BCUT2D eigenvalue weighted by Crippen LogP contribution is -2.09. The molecule has 0 aromatic carbocycles. The highest BCUT2D eigenvalue weighted by Crippen LogP contribution is 2.22. The van der Waals surface area contributed by atoms with Gasteiger partial charge in [-0.1, -0.05) is 25.4 Å². The average molecular weight is 232 g/mol. The van der Waals surface area contributed by atoms with Crippen molar-refractivity contribution < 1.29 is 13.9 Å². The fourth-order valence-corrected chi connectivity index (χ4v) is 1.34. The molecule has 1 rings (SSSR count). The number of halogens is 2. The molecule has 0 aliphatic heterocycles. The van der Waals surface area contributed by atoms with E-state index in [1.54, 1.807) is 13.8 Å². The lowest BCUT2D eigenvalue weighted by molar-refractivity contribution is 0.0593. The predicted octanol–water partition coefficient (Wildman–Crippen LogP) is 2.78. The first-order valence-electron chi connectivity index (χ1n) is 4.41. The molecule has 0 aliphatic carbocycles. The molecule has 0 aliphatic rings. The molecule has 0 atom stereocenters. The van der Waals surface area contributed by atoms with Gasteiger partial charge in [-0.15, -0.1) is 0 Å². The average Bonchev–Trinajstić information content (AvgIpc) is 2.16. The molecule has 3 nitrogen and oxygen atoms in total. The molecule has 0 radical (unpaired) electrons. The first kappa shape index (κ1) is 11.9. The summed E-state index contributed by atoms with van der Waals surface area (Å²) in [6.45, 7) is 3.56. The van der Waals surface area contributed by atoms with Crippen molar-refractivity contribution in [2.45, 2.75) is 19.8 Å². The second-order valence-corrected chi connectivity index (χ2v) is 3.74. The molecule has 15 heavy (non-hydrogen) atoms. The van der Waals surface area contributed by atoms with Gasteiger partial charge in [0.1, 0.15) is 5.82 Å². The van der Waals surface area contributed by atoms with Crippen LogP contribution >= 0.6 is 11.6 Å². The third-order valence-corrected chi connectivity index (χ3v) is 2.17. The minimum absolute atomic E-state index is 0.0382. The van der Waals surface area contributed by atoms with E-state index >= 15 is 0 Å². The van der Waals surface area contributed by atoms with Gasteiger partial charge in [0.05, 0.1) is 17.8 Å². The highest BCUT2D eigenvalue weighted by atomic mass is 35.5. The maximum Gasteiger partial charge on any atom is 0.358 e. The minimum Gasteiger partial charge on any atom is -0.464 e. The molecule has 82 valence electrons. The van der Waals surface area contributed by atoms with Gasteiger partial charge in [-0.05, 0) is 12.0 Å². The summed E-state index contributed by atoms with van der Waals surface area (Å²) < 4.78 is 17.8. The van der Waals surface area contributed by atoms with E-state index < -0.39 is 11.8 Å². The number of carbonyl (C=O) groups excluding carboxylic acids is 1. The molecule has 0 N–H and O–H groups in total. The summed E-state index contributed by atoms with van der Waals surface area (Å²) >= 11 is 5.68. The summed E-state index contributed by atoms with van der Waals surface area (Å²) in [5.41, 5.74) is 0.157. The van der Waals surface area contributed by atoms with Gasteiger partial charge in [-0.25, -0.2) is 14.2 Å². The third-order valence-electron chi connectivity index (χ3n) is 1.88. The molecule has 0 amide bonds. The first-order valence-corrected chi connectivity index (χ1v) is 4.79. The van der Waals surface area contributed by atoms with Crippen LogP contribution in [0.3, 0.4) is 0 Å². The van der Waals surface area contributed by atoms with Crippen LogP contribution in [0.15, 0.2) is 6.07 Å². The summed E-state index contributed by atoms with van der Waals surface area (Å²) in [4.78, 5) is 15.1. The molecule has 0 saturated carbocycles. The van der Waals surface area contributed by atoms with Crippen LogP contribution in [0.4, 0.5) is 4.39 Å². The van der Waals surface area contributed by atoms with Gasteiger partial charge in [0, 0.05) is 0 Å². The fraction of sp³-hybridized carbons (Fsp3) is 0.400. The van der Waals surface area contributed by atoms with Crippen molar-refractivity contribution in [2.24, 2.45) is 0 Å². The Hall–Kier alpha value is -1.16. The highest BCUT2D eigenvalue weighted by Gasteiger charge is 2.18. The van der Waals surface area contributed by atoms with Crippen molar-refractivity contribution in [3.63, 3.8) is 0 Å². The number of nitrogens with zero attached hydrogens (tertiary/aromatic N) is 1. The van der Waals surface area contributed by atoms with Crippen molar-refractivity contribution >= 4 is 17.6 Å². The van der Waals surface area contributed by atoms with Crippen LogP contribution in [0.2, 0.25) is 5.02 Å². The van der Waals surface area contributed by atoms with Crippen LogP contribution < -0.4 is 0 Å². The van der Waals surface area contributed by atoms with Crippen molar-refractivity contribution in [2.75, 3.05) is 7.11 Å². The maximum absolute atomic E-state index is 13.3. The standard InChI is InChI=1S/C10H11ClFNO2/c1-5(2)8-7(12)4-6(11)9(13-8)10(14)15-3/h4-5H,1-3H3. The molecule has 1 aromatic rings. The zero-order valence-corrected chi connectivity index (χ0v) is 9.43. The van der Waals surface area contributed by atoms with Crippen molar-refractivity contribution in [1.29, 1.82) is 0 Å². The summed E-state index contributed by atoms with van der Waals surface area (Å²) in [7, 11) is 1.22. The van der Waals surface area contributed by atoms with Gasteiger partial charge >= 0.3 is 5.97 Å². The van der Waals surface area contributed by atoms with E-state index in [4.69, 9.17) is 11.6 Å². The fourth-order valence-electron chi connectivity index (χ4n) is 1.13. The Labute approximate surface area is 92.2 Å². The van der Waals surface area contributed by atoms with Crippen LogP contribution in [-0.4, -0.2) is 18.1 Å². The van der Waals surface area contributed by atoms with Gasteiger partial charge in [-0.2, -0.15) is 0 Å². The Bertz CT molecular complexity index is 393. The maximum atomic E-state index is 13.3. The highest BCUT2D eigenvalue weighted by molar-refractivity contribution is 6.33. The Morgan fingerprint density at radius 1 is 1.60 bits per heavy atom. The van der Waals surface area contributed by atoms with Gasteiger partial charge < -0.3 is 4.74 Å². The normalized spacial score (nSPS) is 10.5. The summed E-state index contributed by atoms with van der Waals surface area (Å²) in [6, 6.07) is 1.08. The zero-order valence-electron chi connectivity index (χ0n) is 8.67. The second-order valence-electron chi connectivity index (χ2n) is 3.33. The van der Waals surface area contributed by atoms with E-state index in [9.17, 15) is 9.18 Å². The molecular weight excluding hydrogens is 221 g/mol. The van der Waals surface area contributed by atoms with E-state index in [0.717, 1.165) is 6.07 Å². The number of methoxy groups -OCH3 is 1. The van der Waals surface area contributed by atoms with Gasteiger partial charge in [0.25, 0.3) is 0 Å². The van der Waals surface area contributed by atoms with Crippen molar-refractivity contribution in [3.05, 3.63) is 28.3 Å². The number of hydrogen-bond donors (Lipinski definition) is 0. The Kier molecular flexibility index (Phi) is 3.63.